The van der Waals surface area contributed by atoms with Gasteiger partial charge < -0.3 is 24.2 Å². The zero-order chi connectivity index (χ0) is 22.1. The molecule has 0 aromatic rings. The summed E-state index contributed by atoms with van der Waals surface area (Å²) in [4.78, 5) is 48.5. The first kappa shape index (κ1) is 21.2. The van der Waals surface area contributed by atoms with Gasteiger partial charge in [-0.25, -0.2) is 19.2 Å². The van der Waals surface area contributed by atoms with Gasteiger partial charge in [0.2, 0.25) is 12.3 Å². The van der Waals surface area contributed by atoms with Crippen molar-refractivity contribution < 1.29 is 47.8 Å². The molecule has 1 saturated heterocycles. The molecule has 0 aromatic carbocycles. The summed E-state index contributed by atoms with van der Waals surface area (Å²) in [5.41, 5.74) is 0.151. The smallest absolute Gasteiger partial charge is 0.428 e. The fourth-order valence-electron chi connectivity index (χ4n) is 3.13. The Labute approximate surface area is 170 Å². The molecule has 0 aromatic heterocycles. The van der Waals surface area contributed by atoms with E-state index in [4.69, 9.17) is 24.2 Å². The van der Waals surface area contributed by atoms with Crippen LogP contribution in [-0.2, 0) is 33.3 Å². The maximum atomic E-state index is 12.7. The van der Waals surface area contributed by atoms with E-state index >= 15 is 0 Å². The lowest BCUT2D eigenvalue weighted by Gasteiger charge is -2.36. The van der Waals surface area contributed by atoms with Gasteiger partial charge in [0.05, 0.1) is 7.05 Å². The third kappa shape index (κ3) is 3.95. The summed E-state index contributed by atoms with van der Waals surface area (Å²) in [5, 5.41) is 14.1. The molecule has 1 fully saturated rings. The van der Waals surface area contributed by atoms with Crippen molar-refractivity contribution in [1.82, 2.24) is 5.32 Å². The van der Waals surface area contributed by atoms with Crippen molar-refractivity contribution in [3.63, 3.8) is 0 Å². The first-order valence-corrected chi connectivity index (χ1v) is 8.82. The first-order chi connectivity index (χ1) is 14.2. The Morgan fingerprint density at radius 3 is 2.43 bits per heavy atom. The molecule has 0 radical (unpaired) electrons. The second-order valence-electron chi connectivity index (χ2n) is 6.96. The number of oxime groups is 1. The molecule has 0 spiro atoms. The number of hydrogen-bond acceptors (Lipinski definition) is 10. The number of nitrogens with one attached hydrogen (secondary N) is 1. The van der Waals surface area contributed by atoms with Gasteiger partial charge in [-0.2, -0.15) is 4.48 Å². The van der Waals surface area contributed by atoms with Crippen LogP contribution >= 0.6 is 0 Å². The number of fused-ring (bicyclic) bond motifs is 1. The maximum absolute atomic E-state index is 12.7. The zero-order valence-corrected chi connectivity index (χ0v) is 16.1. The van der Waals surface area contributed by atoms with Gasteiger partial charge in [-0.05, 0) is 6.92 Å². The third-order valence-electron chi connectivity index (χ3n) is 4.72. The normalized spacial score (nSPS) is 35.4. The van der Waals surface area contributed by atoms with Crippen LogP contribution in [0.4, 0.5) is 4.79 Å². The fraction of sp³-hybridized carbons (Fsp3) is 0.389. The molecule has 5 atom stereocenters. The van der Waals surface area contributed by atoms with Crippen molar-refractivity contribution in [2.24, 2.45) is 5.16 Å². The quantitative estimate of drug-likeness (QED) is 0.155. The van der Waals surface area contributed by atoms with Crippen molar-refractivity contribution in [2.75, 3.05) is 13.7 Å². The third-order valence-corrected chi connectivity index (χ3v) is 4.72. The molecule has 3 rings (SSSR count). The second kappa shape index (κ2) is 8.08. The predicted octanol–water partition coefficient (Wildman–Crippen LogP) is -0.305. The Kier molecular flexibility index (Phi) is 5.71. The van der Waals surface area contributed by atoms with E-state index in [1.165, 1.54) is 26.2 Å². The molecule has 12 nitrogen and oxygen atoms in total. The number of amides is 2. The molecule has 0 aliphatic carbocycles. The molecule has 2 unspecified atom stereocenters. The van der Waals surface area contributed by atoms with Crippen molar-refractivity contribution in [2.45, 2.75) is 31.5 Å². The van der Waals surface area contributed by atoms with Crippen molar-refractivity contribution in [1.29, 1.82) is 0 Å². The number of urea groups is 1. The minimum absolute atomic E-state index is 0.0962. The van der Waals surface area contributed by atoms with Gasteiger partial charge in [0, 0.05) is 23.8 Å². The number of esters is 3. The van der Waals surface area contributed by atoms with Gasteiger partial charge in [-0.3, -0.25) is 5.32 Å². The van der Waals surface area contributed by atoms with Crippen LogP contribution in [0.25, 0.3) is 0 Å². The lowest BCUT2D eigenvalue weighted by molar-refractivity contribution is -0.836. The minimum atomic E-state index is -1.20. The first-order valence-electron chi connectivity index (χ1n) is 8.82. The standard InChI is InChI=1S/C18H19N3O9/c1-9(2)17(24)27-8-10-14-15(30-13(23)5-4-12(22)29-14)16(28-10)21(3)7-6-11(20-26)19-18(21)25/h4-7,10,14-16H,1,8H2,2-3H3,(H-,19,20,22,23,25,26)/p+1/t10-,14?,15+,16-,21?/m1/s1. The molecule has 0 bridgehead atoms. The van der Waals surface area contributed by atoms with E-state index in [0.717, 1.165) is 12.2 Å². The van der Waals surface area contributed by atoms with E-state index in [1.807, 2.05) is 0 Å². The molecule has 12 heteroatoms. The molecule has 2 N–H and O–H groups in total. The van der Waals surface area contributed by atoms with Crippen LogP contribution in [0.3, 0.4) is 0 Å². The number of ether oxygens (including phenoxy) is 4. The van der Waals surface area contributed by atoms with Crippen LogP contribution in [0, 0.1) is 0 Å². The summed E-state index contributed by atoms with van der Waals surface area (Å²) >= 11 is 0. The largest absolute Gasteiger partial charge is 0.459 e. The van der Waals surface area contributed by atoms with Crippen molar-refractivity contribution in [3.8, 4) is 0 Å². The maximum Gasteiger partial charge on any atom is 0.428 e. The van der Waals surface area contributed by atoms with Gasteiger partial charge in [-0.15, -0.1) is 0 Å². The number of carbonyl (C=O) groups excluding carboxylic acids is 4. The van der Waals surface area contributed by atoms with Gasteiger partial charge in [0.1, 0.15) is 18.9 Å². The number of likely N-dealkylation sites (N-methyl/N-ethyl adjacent to an activating group) is 1. The van der Waals surface area contributed by atoms with Crippen LogP contribution in [0.1, 0.15) is 6.92 Å². The highest BCUT2D eigenvalue weighted by atomic mass is 16.7. The van der Waals surface area contributed by atoms with Crippen LogP contribution in [-0.4, -0.2) is 77.7 Å². The lowest BCUT2D eigenvalue weighted by atomic mass is 10.1. The van der Waals surface area contributed by atoms with Gasteiger partial charge in [0.25, 0.3) is 0 Å². The summed E-state index contributed by atoms with van der Waals surface area (Å²) < 4.78 is 21.1. The van der Waals surface area contributed by atoms with E-state index in [9.17, 15) is 19.2 Å². The zero-order valence-electron chi connectivity index (χ0n) is 16.1. The SMILES string of the molecule is C=C(C)C(=O)OC[C@H]1O[C@@H]([N+]2(C)C=C/C(=N\O)NC2=O)[C@H]2OC(=O)/C=C\C(=O)OC12. The fourth-order valence-corrected chi connectivity index (χ4v) is 3.13. The lowest BCUT2D eigenvalue weighted by Crippen LogP contribution is -2.63. The Morgan fingerprint density at radius 2 is 1.87 bits per heavy atom. The number of amidine groups is 1. The van der Waals surface area contributed by atoms with Crippen molar-refractivity contribution in [3.05, 3.63) is 36.6 Å². The van der Waals surface area contributed by atoms with Crippen LogP contribution in [0.2, 0.25) is 0 Å². The Hall–Kier alpha value is -3.51. The van der Waals surface area contributed by atoms with E-state index < -0.39 is 53.0 Å². The molecule has 160 valence electrons. The summed E-state index contributed by atoms with van der Waals surface area (Å²) in [6.07, 6.45) is -0.0683. The Bertz CT molecular complexity index is 893. The number of quaternary nitrogens is 1. The van der Waals surface area contributed by atoms with E-state index in [0.29, 0.717) is 0 Å². The highest BCUT2D eigenvalue weighted by Crippen LogP contribution is 2.35. The molecule has 3 heterocycles. The Morgan fingerprint density at radius 1 is 1.23 bits per heavy atom. The van der Waals surface area contributed by atoms with Gasteiger partial charge >= 0.3 is 23.9 Å². The number of rotatable bonds is 4. The molecular weight excluding hydrogens is 402 g/mol. The van der Waals surface area contributed by atoms with Crippen LogP contribution in [0.5, 0.6) is 0 Å². The average Bonchev–Trinajstić information content (AvgIpc) is 3.02. The van der Waals surface area contributed by atoms with Crippen molar-refractivity contribution >= 4 is 29.8 Å². The van der Waals surface area contributed by atoms with E-state index in [1.54, 1.807) is 0 Å². The minimum Gasteiger partial charge on any atom is -0.459 e. The molecule has 30 heavy (non-hydrogen) atoms. The number of carbonyl (C=O) groups is 4. The second-order valence-corrected chi connectivity index (χ2v) is 6.96. The van der Waals surface area contributed by atoms with Gasteiger partial charge in [-0.1, -0.05) is 11.7 Å². The molecule has 0 saturated carbocycles. The summed E-state index contributed by atoms with van der Waals surface area (Å²) in [6, 6.07) is -0.659. The molecular formula is C18H20N3O9+. The topological polar surface area (TPSA) is 150 Å². The highest BCUT2D eigenvalue weighted by molar-refractivity contribution is 6.03. The highest BCUT2D eigenvalue weighted by Gasteiger charge is 2.60. The monoisotopic (exact) mass is 422 g/mol. The molecule has 2 amide bonds. The predicted molar refractivity (Wildman–Crippen MR) is 96.4 cm³/mol. The summed E-state index contributed by atoms with van der Waals surface area (Å²) in [6.45, 7) is 4.60. The van der Waals surface area contributed by atoms with E-state index in [2.05, 4.69) is 17.1 Å². The molecule has 3 aliphatic rings. The van der Waals surface area contributed by atoms with Crippen LogP contribution < -0.4 is 5.32 Å². The number of hydrogen-bond donors (Lipinski definition) is 2. The molecule has 3 aliphatic heterocycles. The Balaban J connectivity index is 1.94. The van der Waals surface area contributed by atoms with Gasteiger partial charge in [0.15, 0.2) is 11.9 Å². The van der Waals surface area contributed by atoms with E-state index in [-0.39, 0.29) is 18.0 Å². The number of nitrogens with zero attached hydrogens (tertiary/aromatic N) is 2. The summed E-state index contributed by atoms with van der Waals surface area (Å²) in [7, 11) is 1.45. The average molecular weight is 422 g/mol. The summed E-state index contributed by atoms with van der Waals surface area (Å²) in [5.74, 6) is -2.44. The van der Waals surface area contributed by atoms with Crippen LogP contribution in [0.15, 0.2) is 41.7 Å².